The van der Waals surface area contributed by atoms with E-state index in [2.05, 4.69) is 30.5 Å². The minimum absolute atomic E-state index is 0.154. The van der Waals surface area contributed by atoms with Gasteiger partial charge in [0.05, 0.1) is 0 Å². The van der Waals surface area contributed by atoms with E-state index < -0.39 is 35.1 Å². The summed E-state index contributed by atoms with van der Waals surface area (Å²) in [6.45, 7) is 1.74. The number of anilines is 1. The third-order valence-electron chi connectivity index (χ3n) is 5.83. The molecular formula is C21H21N11O6S3. The number of rotatable bonds is 9. The monoisotopic (exact) mass is 619 g/mol. The highest BCUT2D eigenvalue weighted by Crippen LogP contribution is 2.41. The zero-order valence-corrected chi connectivity index (χ0v) is 23.7. The van der Waals surface area contributed by atoms with Crippen LogP contribution in [0.5, 0.6) is 0 Å². The van der Waals surface area contributed by atoms with Crippen LogP contribution in [0.2, 0.25) is 0 Å². The molecule has 0 spiro atoms. The minimum atomic E-state index is -1.28. The van der Waals surface area contributed by atoms with Gasteiger partial charge in [0.1, 0.15) is 34.9 Å². The number of hydrogen-bond acceptors (Lipinski definition) is 15. The van der Waals surface area contributed by atoms with E-state index >= 15 is 0 Å². The number of oxime groups is 1. The quantitative estimate of drug-likeness (QED) is 0.0365. The number of carboxylic acids is 1. The van der Waals surface area contributed by atoms with E-state index in [4.69, 9.17) is 16.4 Å². The van der Waals surface area contributed by atoms with Crippen LogP contribution in [0.1, 0.15) is 22.0 Å². The molecule has 0 aromatic carbocycles. The number of amides is 3. The fourth-order valence-corrected chi connectivity index (χ4v) is 7.16. The molecule has 2 aliphatic heterocycles. The molecule has 5 rings (SSSR count). The van der Waals surface area contributed by atoms with Crippen molar-refractivity contribution in [1.29, 1.82) is 0 Å². The van der Waals surface area contributed by atoms with Gasteiger partial charge in [0.2, 0.25) is 5.82 Å². The molecule has 1 saturated heterocycles. The number of carbonyl (C=O) groups is 4. The Balaban J connectivity index is 1.35. The Morgan fingerprint density at radius 1 is 1.32 bits per heavy atom. The van der Waals surface area contributed by atoms with Gasteiger partial charge in [0.25, 0.3) is 17.6 Å². The smallest absolute Gasteiger partial charge is 0.352 e. The van der Waals surface area contributed by atoms with Crippen molar-refractivity contribution in [2.75, 3.05) is 24.3 Å². The molecule has 5 heterocycles. The number of thioether (sulfide) groups is 2. The molecule has 2 unspecified atom stereocenters. The van der Waals surface area contributed by atoms with Gasteiger partial charge >= 0.3 is 11.9 Å². The first-order valence-corrected chi connectivity index (χ1v) is 14.5. The third kappa shape index (κ3) is 5.28. The highest BCUT2D eigenvalue weighted by atomic mass is 32.2. The van der Waals surface area contributed by atoms with Gasteiger partial charge in [-0.3, -0.25) is 24.7 Å². The molecule has 214 valence electrons. The van der Waals surface area contributed by atoms with Crippen LogP contribution in [-0.4, -0.2) is 94.0 Å². The standard InChI is InChI=1S/C21H21N11O6S3/c1-7-3-10(32-21(24-7)27-14(29-32)16(34)28-23)39-4-8-5-40-18-12(17(35)31(18)13(8)19(36)37)26-15(33)11(30-38-2)9-6-41-20(22)25-9/h3,6,12,18H,4-5,23H2,1-2H3,(H2,22,25)(H,26,33)(H,28,34)(H,36,37). The van der Waals surface area contributed by atoms with E-state index in [9.17, 15) is 24.3 Å². The summed E-state index contributed by atoms with van der Waals surface area (Å²) in [4.78, 5) is 68.5. The van der Waals surface area contributed by atoms with E-state index in [1.165, 1.54) is 40.5 Å². The number of nitrogen functional groups attached to an aromatic ring is 2. The number of hydrogen-bond donors (Lipinski definition) is 5. The third-order valence-corrected chi connectivity index (χ3v) is 8.93. The number of aryl methyl sites for hydroxylation is 1. The molecule has 3 amide bonds. The average Bonchev–Trinajstić information content (AvgIpc) is 3.58. The summed E-state index contributed by atoms with van der Waals surface area (Å²) in [6.07, 6.45) is 0. The van der Waals surface area contributed by atoms with Crippen LogP contribution in [0.15, 0.2) is 32.9 Å². The second-order valence-corrected chi connectivity index (χ2v) is 11.4. The Morgan fingerprint density at radius 2 is 2.10 bits per heavy atom. The molecule has 0 bridgehead atoms. The summed E-state index contributed by atoms with van der Waals surface area (Å²) < 4.78 is 1.36. The van der Waals surface area contributed by atoms with Crippen molar-refractivity contribution in [2.24, 2.45) is 11.0 Å². The van der Waals surface area contributed by atoms with Crippen LogP contribution in [0.3, 0.4) is 0 Å². The maximum atomic E-state index is 13.1. The van der Waals surface area contributed by atoms with Crippen LogP contribution in [0.4, 0.5) is 5.13 Å². The molecule has 41 heavy (non-hydrogen) atoms. The summed E-state index contributed by atoms with van der Waals surface area (Å²) in [7, 11) is 1.26. The summed E-state index contributed by atoms with van der Waals surface area (Å²) in [6, 6.07) is 0.727. The SMILES string of the molecule is CON=C(C(=O)NC1C(=O)N2C(C(=O)O)=C(CSc3cc(C)nc4nc(C(=O)NN)nn34)CSC12)c1csc(N)n1. The lowest BCUT2D eigenvalue weighted by Gasteiger charge is -2.49. The van der Waals surface area contributed by atoms with Gasteiger partial charge < -0.3 is 21.0 Å². The molecule has 0 saturated carbocycles. The molecule has 3 aromatic heterocycles. The number of nitrogens with zero attached hydrogens (tertiary/aromatic N) is 7. The maximum absolute atomic E-state index is 13.1. The number of fused-ring (bicyclic) bond motifs is 2. The number of nitrogens with one attached hydrogen (secondary N) is 2. The molecule has 2 atom stereocenters. The summed E-state index contributed by atoms with van der Waals surface area (Å²) in [5.74, 6) is 2.37. The summed E-state index contributed by atoms with van der Waals surface area (Å²) >= 11 is 3.66. The van der Waals surface area contributed by atoms with Crippen LogP contribution in [0.25, 0.3) is 5.78 Å². The van der Waals surface area contributed by atoms with Crippen LogP contribution in [-0.2, 0) is 19.2 Å². The fourth-order valence-electron chi connectivity index (χ4n) is 4.07. The largest absolute Gasteiger partial charge is 0.477 e. The fraction of sp³-hybridized carbons (Fsp3) is 0.286. The van der Waals surface area contributed by atoms with Crippen LogP contribution in [0, 0.1) is 6.92 Å². The zero-order chi connectivity index (χ0) is 29.4. The second-order valence-electron chi connectivity index (χ2n) is 8.46. The Kier molecular flexibility index (Phi) is 7.80. The minimum Gasteiger partial charge on any atom is -0.477 e. The predicted molar refractivity (Wildman–Crippen MR) is 148 cm³/mol. The number of aromatic nitrogens is 5. The van der Waals surface area contributed by atoms with Crippen LogP contribution >= 0.6 is 34.9 Å². The molecule has 17 nitrogen and oxygen atoms in total. The van der Waals surface area contributed by atoms with Crippen molar-refractivity contribution < 1.29 is 29.1 Å². The molecule has 3 aromatic rings. The number of β-lactam (4-membered cyclic amide) rings is 1. The lowest BCUT2D eigenvalue weighted by atomic mass is 10.0. The Labute approximate surface area is 242 Å². The van der Waals surface area contributed by atoms with Crippen molar-refractivity contribution in [3.63, 3.8) is 0 Å². The summed E-state index contributed by atoms with van der Waals surface area (Å²) in [5, 5.41) is 22.1. The first kappa shape index (κ1) is 28.3. The molecule has 0 aliphatic carbocycles. The van der Waals surface area contributed by atoms with Crippen molar-refractivity contribution in [1.82, 2.24) is 40.2 Å². The Hall–Kier alpha value is -4.27. The number of carboxylic acid groups (broad SMARTS) is 1. The van der Waals surface area contributed by atoms with E-state index in [1.54, 1.807) is 13.0 Å². The highest BCUT2D eigenvalue weighted by Gasteiger charge is 2.54. The lowest BCUT2D eigenvalue weighted by molar-refractivity contribution is -0.150. The molecule has 0 radical (unpaired) electrons. The lowest BCUT2D eigenvalue weighted by Crippen LogP contribution is -2.71. The first-order chi connectivity index (χ1) is 19.6. The Morgan fingerprint density at radius 3 is 2.76 bits per heavy atom. The van der Waals surface area contributed by atoms with E-state index in [-0.39, 0.29) is 45.3 Å². The topological polar surface area (TPSA) is 245 Å². The first-order valence-electron chi connectivity index (χ1n) is 11.5. The molecule has 7 N–H and O–H groups in total. The van der Waals surface area contributed by atoms with Gasteiger partial charge in [-0.1, -0.05) is 5.16 Å². The van der Waals surface area contributed by atoms with E-state index in [1.807, 2.05) is 5.43 Å². The van der Waals surface area contributed by atoms with Crippen molar-refractivity contribution in [3.05, 3.63) is 39.9 Å². The normalized spacial score (nSPS) is 18.7. The summed E-state index contributed by atoms with van der Waals surface area (Å²) in [5.41, 5.74) is 8.57. The molecule has 20 heteroatoms. The van der Waals surface area contributed by atoms with Gasteiger partial charge in [-0.15, -0.1) is 40.0 Å². The van der Waals surface area contributed by atoms with Gasteiger partial charge in [-0.25, -0.2) is 20.6 Å². The number of carbonyl (C=O) groups excluding carboxylic acids is 3. The average molecular weight is 620 g/mol. The van der Waals surface area contributed by atoms with Crippen molar-refractivity contribution >= 4 is 75.2 Å². The van der Waals surface area contributed by atoms with Crippen molar-refractivity contribution in [2.45, 2.75) is 23.4 Å². The van der Waals surface area contributed by atoms with Crippen molar-refractivity contribution in [3.8, 4) is 0 Å². The number of thiazole rings is 1. The molecular weight excluding hydrogens is 599 g/mol. The highest BCUT2D eigenvalue weighted by molar-refractivity contribution is 8.01. The van der Waals surface area contributed by atoms with Gasteiger partial charge in [0.15, 0.2) is 10.8 Å². The second kappa shape index (κ2) is 11.3. The van der Waals surface area contributed by atoms with Gasteiger partial charge in [-0.05, 0) is 18.6 Å². The maximum Gasteiger partial charge on any atom is 0.352 e. The van der Waals surface area contributed by atoms with Gasteiger partial charge in [0, 0.05) is 22.6 Å². The Bertz CT molecular complexity index is 1650. The number of hydrazine groups is 1. The molecule has 1 fully saturated rings. The van der Waals surface area contributed by atoms with Gasteiger partial charge in [-0.2, -0.15) is 9.50 Å². The zero-order valence-electron chi connectivity index (χ0n) is 21.2. The van der Waals surface area contributed by atoms with E-state index in [0.29, 0.717) is 16.3 Å². The van der Waals surface area contributed by atoms with Crippen LogP contribution < -0.4 is 22.3 Å². The van der Waals surface area contributed by atoms with E-state index in [0.717, 1.165) is 16.2 Å². The predicted octanol–water partition coefficient (Wildman–Crippen LogP) is -1.04. The number of aliphatic carboxylic acids is 1. The number of nitrogens with two attached hydrogens (primary N) is 2. The molecule has 2 aliphatic rings.